The van der Waals surface area contributed by atoms with Gasteiger partial charge >= 0.3 is 0 Å². The first kappa shape index (κ1) is 15.8. The largest absolute Gasteiger partial charge is 0.370 e. The van der Waals surface area contributed by atoms with Gasteiger partial charge in [0, 0.05) is 29.8 Å². The summed E-state index contributed by atoms with van der Waals surface area (Å²) < 4.78 is 1.90. The molecule has 124 valence electrons. The normalized spacial score (nSPS) is 21.5. The lowest BCUT2D eigenvalue weighted by Crippen LogP contribution is -2.29. The zero-order valence-electron chi connectivity index (χ0n) is 14.1. The van der Waals surface area contributed by atoms with E-state index in [1.54, 1.807) is 0 Å². The minimum Gasteiger partial charge on any atom is -0.370 e. The number of nitrogens with two attached hydrogens (primary N) is 1. The predicted octanol–water partition coefficient (Wildman–Crippen LogP) is 2.36. The van der Waals surface area contributed by atoms with E-state index in [0.29, 0.717) is 5.92 Å². The van der Waals surface area contributed by atoms with Crippen LogP contribution in [0.15, 0.2) is 6.07 Å². The van der Waals surface area contributed by atoms with E-state index in [0.717, 1.165) is 60.6 Å². The number of carbonyl (C=O) groups is 1. The van der Waals surface area contributed by atoms with Gasteiger partial charge in [-0.15, -0.1) is 0 Å². The number of nitrogens with one attached hydrogen (secondary N) is 1. The predicted molar refractivity (Wildman–Crippen MR) is 90.3 cm³/mol. The van der Waals surface area contributed by atoms with Crippen LogP contribution in [0.5, 0.6) is 0 Å². The molecule has 0 saturated heterocycles. The minimum absolute atomic E-state index is 0.0672. The summed E-state index contributed by atoms with van der Waals surface area (Å²) in [6.45, 7) is 6.96. The third-order valence-electron chi connectivity index (χ3n) is 5.01. The van der Waals surface area contributed by atoms with Gasteiger partial charge in [0.05, 0.1) is 5.69 Å². The Morgan fingerprint density at radius 3 is 2.65 bits per heavy atom. The monoisotopic (exact) mass is 315 g/mol. The van der Waals surface area contributed by atoms with Crippen LogP contribution >= 0.6 is 0 Å². The summed E-state index contributed by atoms with van der Waals surface area (Å²) in [5.41, 5.74) is 9.44. The van der Waals surface area contributed by atoms with Crippen LogP contribution in [-0.4, -0.2) is 27.0 Å². The smallest absolute Gasteiger partial charge is 0.220 e. The molecule has 0 aromatic carbocycles. The highest BCUT2D eigenvalue weighted by atomic mass is 16.1. The molecule has 3 rings (SSSR count). The molecule has 3 N–H and O–H groups in total. The number of fused-ring (bicyclic) bond motifs is 1. The first-order valence-electron chi connectivity index (χ1n) is 8.32. The van der Waals surface area contributed by atoms with Gasteiger partial charge in [-0.3, -0.25) is 4.79 Å². The third-order valence-corrected chi connectivity index (χ3v) is 5.01. The SMILES string of the molecule is Cc1cc(NCC2CCC(C(N)=O)CC2)n2nc(C)c(C)c2n1. The van der Waals surface area contributed by atoms with Crippen molar-refractivity contribution in [2.45, 2.75) is 46.5 Å². The lowest BCUT2D eigenvalue weighted by molar-refractivity contribution is -0.122. The van der Waals surface area contributed by atoms with E-state index in [-0.39, 0.29) is 11.8 Å². The van der Waals surface area contributed by atoms with E-state index >= 15 is 0 Å². The van der Waals surface area contributed by atoms with E-state index in [1.165, 1.54) is 0 Å². The quantitative estimate of drug-likeness (QED) is 0.907. The Morgan fingerprint density at radius 2 is 2.00 bits per heavy atom. The second-order valence-electron chi connectivity index (χ2n) is 6.73. The molecule has 1 amide bonds. The van der Waals surface area contributed by atoms with Crippen LogP contribution in [0.1, 0.15) is 42.6 Å². The van der Waals surface area contributed by atoms with Crippen LogP contribution in [0.25, 0.3) is 5.65 Å². The number of aromatic nitrogens is 3. The van der Waals surface area contributed by atoms with Crippen molar-refractivity contribution in [1.29, 1.82) is 0 Å². The van der Waals surface area contributed by atoms with Crippen molar-refractivity contribution in [2.24, 2.45) is 17.6 Å². The first-order chi connectivity index (χ1) is 11.0. The second-order valence-corrected chi connectivity index (χ2v) is 6.73. The van der Waals surface area contributed by atoms with E-state index in [4.69, 9.17) is 5.73 Å². The van der Waals surface area contributed by atoms with Gasteiger partial charge in [0.15, 0.2) is 5.65 Å². The van der Waals surface area contributed by atoms with Crippen LogP contribution in [0.2, 0.25) is 0 Å². The lowest BCUT2D eigenvalue weighted by Gasteiger charge is -2.27. The molecule has 0 spiro atoms. The molecule has 23 heavy (non-hydrogen) atoms. The van der Waals surface area contributed by atoms with Gasteiger partial charge in [0.25, 0.3) is 0 Å². The molecule has 1 fully saturated rings. The molecule has 6 nitrogen and oxygen atoms in total. The second kappa shape index (κ2) is 6.18. The standard InChI is InChI=1S/C17H25N5O/c1-10-8-15(22-17(20-10)11(2)12(3)21-22)19-9-13-4-6-14(7-5-13)16(18)23/h8,13-14,19H,4-7,9H2,1-3H3,(H2,18,23). The average molecular weight is 315 g/mol. The molecule has 2 aromatic rings. The molecule has 2 aromatic heterocycles. The van der Waals surface area contributed by atoms with Gasteiger partial charge in [-0.05, 0) is 52.4 Å². The van der Waals surface area contributed by atoms with Crippen molar-refractivity contribution in [3.8, 4) is 0 Å². The Bertz CT molecular complexity index is 728. The van der Waals surface area contributed by atoms with Gasteiger partial charge in [0.1, 0.15) is 5.82 Å². The maximum Gasteiger partial charge on any atom is 0.220 e. The number of primary amides is 1. The molecule has 1 aliphatic carbocycles. The van der Waals surface area contributed by atoms with Crippen molar-refractivity contribution in [3.63, 3.8) is 0 Å². The summed E-state index contributed by atoms with van der Waals surface area (Å²) in [6.07, 6.45) is 3.91. The molecule has 0 unspecified atom stereocenters. The molecule has 0 aliphatic heterocycles. The highest BCUT2D eigenvalue weighted by Gasteiger charge is 2.24. The average Bonchev–Trinajstić information content (AvgIpc) is 2.81. The van der Waals surface area contributed by atoms with Crippen molar-refractivity contribution in [3.05, 3.63) is 23.0 Å². The van der Waals surface area contributed by atoms with Crippen LogP contribution < -0.4 is 11.1 Å². The Balaban J connectivity index is 1.70. The van der Waals surface area contributed by atoms with Crippen molar-refractivity contribution >= 4 is 17.4 Å². The maximum atomic E-state index is 11.2. The van der Waals surface area contributed by atoms with Crippen LogP contribution in [0, 0.1) is 32.6 Å². The lowest BCUT2D eigenvalue weighted by atomic mass is 9.81. The Hall–Kier alpha value is -2.11. The van der Waals surface area contributed by atoms with Crippen molar-refractivity contribution in [1.82, 2.24) is 14.6 Å². The summed E-state index contributed by atoms with van der Waals surface area (Å²) >= 11 is 0. The zero-order chi connectivity index (χ0) is 16.6. The third kappa shape index (κ3) is 3.16. The summed E-state index contributed by atoms with van der Waals surface area (Å²) in [7, 11) is 0. The number of carbonyl (C=O) groups excluding carboxylic acids is 1. The van der Waals surface area contributed by atoms with Crippen molar-refractivity contribution < 1.29 is 4.79 Å². The number of aryl methyl sites for hydroxylation is 3. The zero-order valence-corrected chi connectivity index (χ0v) is 14.1. The summed E-state index contributed by atoms with van der Waals surface area (Å²) in [5, 5.41) is 8.11. The number of hydrogen-bond donors (Lipinski definition) is 2. The van der Waals surface area contributed by atoms with Crippen molar-refractivity contribution in [2.75, 3.05) is 11.9 Å². The molecular weight excluding hydrogens is 290 g/mol. The molecule has 6 heteroatoms. The Morgan fingerprint density at radius 1 is 1.30 bits per heavy atom. The number of hydrogen-bond acceptors (Lipinski definition) is 4. The van der Waals surface area contributed by atoms with Gasteiger partial charge in [-0.1, -0.05) is 0 Å². The van der Waals surface area contributed by atoms with Gasteiger partial charge in [-0.2, -0.15) is 9.61 Å². The van der Waals surface area contributed by atoms with Crippen LogP contribution in [0.4, 0.5) is 5.82 Å². The van der Waals surface area contributed by atoms with Crippen LogP contribution in [-0.2, 0) is 4.79 Å². The highest BCUT2D eigenvalue weighted by Crippen LogP contribution is 2.29. The topological polar surface area (TPSA) is 85.3 Å². The summed E-state index contributed by atoms with van der Waals surface area (Å²) in [4.78, 5) is 15.8. The van der Waals surface area contributed by atoms with Gasteiger partial charge in [0.2, 0.25) is 5.91 Å². The number of rotatable bonds is 4. The fourth-order valence-electron chi connectivity index (χ4n) is 3.38. The molecular formula is C17H25N5O. The molecule has 0 atom stereocenters. The van der Waals surface area contributed by atoms with Gasteiger partial charge in [-0.25, -0.2) is 4.98 Å². The van der Waals surface area contributed by atoms with E-state index in [2.05, 4.69) is 22.3 Å². The first-order valence-corrected chi connectivity index (χ1v) is 8.32. The van der Waals surface area contributed by atoms with Crippen LogP contribution in [0.3, 0.4) is 0 Å². The minimum atomic E-state index is -0.148. The number of nitrogens with zero attached hydrogens (tertiary/aromatic N) is 3. The summed E-state index contributed by atoms with van der Waals surface area (Å²) in [6, 6.07) is 2.04. The number of amides is 1. The molecule has 1 aliphatic rings. The van der Waals surface area contributed by atoms with E-state index in [1.807, 2.05) is 24.4 Å². The fraction of sp³-hybridized carbons (Fsp3) is 0.588. The van der Waals surface area contributed by atoms with E-state index < -0.39 is 0 Å². The van der Waals surface area contributed by atoms with Gasteiger partial charge < -0.3 is 11.1 Å². The summed E-state index contributed by atoms with van der Waals surface area (Å²) in [5.74, 6) is 1.48. The maximum absolute atomic E-state index is 11.2. The molecule has 2 heterocycles. The molecule has 1 saturated carbocycles. The molecule has 0 bridgehead atoms. The highest BCUT2D eigenvalue weighted by molar-refractivity contribution is 5.76. The molecule has 0 radical (unpaired) electrons. The Kier molecular flexibility index (Phi) is 4.24. The number of anilines is 1. The Labute approximate surface area is 136 Å². The fourth-order valence-corrected chi connectivity index (χ4v) is 3.38. The van der Waals surface area contributed by atoms with E-state index in [9.17, 15) is 4.79 Å².